The highest BCUT2D eigenvalue weighted by Crippen LogP contribution is 2.32. The summed E-state index contributed by atoms with van der Waals surface area (Å²) in [6, 6.07) is 0.870. The normalized spacial score (nSPS) is 11.2. The van der Waals surface area contributed by atoms with Crippen LogP contribution in [0.5, 0.6) is 0 Å². The van der Waals surface area contributed by atoms with Crippen LogP contribution >= 0.6 is 0 Å². The lowest BCUT2D eigenvalue weighted by Crippen LogP contribution is -2.14. The van der Waals surface area contributed by atoms with Gasteiger partial charge in [-0.2, -0.15) is 13.2 Å². The summed E-state index contributed by atoms with van der Waals surface area (Å²) in [5.74, 6) is -1.53. The smallest absolute Gasteiger partial charge is 0.418 e. The molecule has 0 unspecified atom stereocenters. The highest BCUT2D eigenvalue weighted by molar-refractivity contribution is 5.90. The van der Waals surface area contributed by atoms with E-state index in [0.29, 0.717) is 12.7 Å². The van der Waals surface area contributed by atoms with Crippen molar-refractivity contribution in [3.63, 3.8) is 0 Å². The molecule has 1 heterocycles. The zero-order valence-electron chi connectivity index (χ0n) is 8.30. The van der Waals surface area contributed by atoms with Crippen LogP contribution in [0.3, 0.4) is 0 Å². The number of hydrogen-bond donors (Lipinski definition) is 2. The molecular weight excluding hydrogens is 225 g/mol. The summed E-state index contributed by atoms with van der Waals surface area (Å²) >= 11 is 0. The standard InChI is InChI=1S/C9H9F3N2O2/c1-2-13-7-3-5(8(15)16)6(4-14-7)9(10,11)12/h3-4H,2H2,1H3,(H,13,14)(H,15,16). The molecule has 0 fully saturated rings. The van der Waals surface area contributed by atoms with E-state index in [4.69, 9.17) is 5.11 Å². The quantitative estimate of drug-likeness (QED) is 0.841. The zero-order chi connectivity index (χ0) is 12.3. The molecule has 0 aromatic carbocycles. The number of alkyl halides is 3. The summed E-state index contributed by atoms with van der Waals surface area (Å²) in [4.78, 5) is 14.2. The van der Waals surface area contributed by atoms with Crippen molar-refractivity contribution in [1.82, 2.24) is 4.98 Å². The largest absolute Gasteiger partial charge is 0.478 e. The third-order valence-electron chi connectivity index (χ3n) is 1.80. The maximum absolute atomic E-state index is 12.4. The SMILES string of the molecule is CCNc1cc(C(=O)O)c(C(F)(F)F)cn1. The lowest BCUT2D eigenvalue weighted by molar-refractivity contribution is -0.138. The van der Waals surface area contributed by atoms with E-state index < -0.39 is 23.3 Å². The minimum absolute atomic E-state index is 0.105. The first-order chi connectivity index (χ1) is 7.36. The lowest BCUT2D eigenvalue weighted by atomic mass is 10.1. The van der Waals surface area contributed by atoms with Crippen molar-refractivity contribution in [2.75, 3.05) is 11.9 Å². The molecule has 0 saturated carbocycles. The number of carbonyl (C=O) groups is 1. The number of aromatic nitrogens is 1. The monoisotopic (exact) mass is 234 g/mol. The second-order valence-electron chi connectivity index (χ2n) is 2.95. The number of anilines is 1. The van der Waals surface area contributed by atoms with Crippen molar-refractivity contribution in [2.24, 2.45) is 0 Å². The number of aromatic carboxylic acids is 1. The summed E-state index contributed by atoms with van der Waals surface area (Å²) in [5.41, 5.74) is -2.06. The Bertz CT molecular complexity index is 404. The van der Waals surface area contributed by atoms with E-state index >= 15 is 0 Å². The van der Waals surface area contributed by atoms with E-state index in [-0.39, 0.29) is 5.82 Å². The van der Waals surface area contributed by atoms with E-state index in [0.717, 1.165) is 6.07 Å². The van der Waals surface area contributed by atoms with E-state index in [9.17, 15) is 18.0 Å². The molecule has 0 bridgehead atoms. The highest BCUT2D eigenvalue weighted by atomic mass is 19.4. The summed E-state index contributed by atoms with van der Waals surface area (Å²) in [6.45, 7) is 2.16. The van der Waals surface area contributed by atoms with Crippen LogP contribution in [0.25, 0.3) is 0 Å². The van der Waals surface area contributed by atoms with Gasteiger partial charge in [-0.3, -0.25) is 0 Å². The van der Waals surface area contributed by atoms with Crippen molar-refractivity contribution in [3.8, 4) is 0 Å². The maximum atomic E-state index is 12.4. The molecule has 0 saturated heterocycles. The van der Waals surface area contributed by atoms with Crippen molar-refractivity contribution < 1.29 is 23.1 Å². The van der Waals surface area contributed by atoms with Crippen LogP contribution in [-0.2, 0) is 6.18 Å². The van der Waals surface area contributed by atoms with Crippen molar-refractivity contribution in [2.45, 2.75) is 13.1 Å². The Morgan fingerprint density at radius 1 is 1.56 bits per heavy atom. The maximum Gasteiger partial charge on any atom is 0.418 e. The Balaban J connectivity index is 3.25. The topological polar surface area (TPSA) is 62.2 Å². The average molecular weight is 234 g/mol. The van der Waals surface area contributed by atoms with Gasteiger partial charge < -0.3 is 10.4 Å². The molecule has 0 aliphatic heterocycles. The van der Waals surface area contributed by atoms with Gasteiger partial charge in [-0.1, -0.05) is 0 Å². The Morgan fingerprint density at radius 3 is 2.62 bits per heavy atom. The van der Waals surface area contributed by atoms with E-state index in [1.54, 1.807) is 6.92 Å². The van der Waals surface area contributed by atoms with Gasteiger partial charge in [0.15, 0.2) is 0 Å². The van der Waals surface area contributed by atoms with Crippen LogP contribution < -0.4 is 5.32 Å². The molecule has 1 rings (SSSR count). The fourth-order valence-electron chi connectivity index (χ4n) is 1.14. The van der Waals surface area contributed by atoms with Crippen LogP contribution in [0, 0.1) is 0 Å². The highest BCUT2D eigenvalue weighted by Gasteiger charge is 2.36. The third kappa shape index (κ3) is 2.62. The van der Waals surface area contributed by atoms with Gasteiger partial charge in [-0.25, -0.2) is 9.78 Å². The summed E-state index contributed by atoms with van der Waals surface area (Å²) in [5, 5.41) is 11.3. The van der Waals surface area contributed by atoms with E-state index in [2.05, 4.69) is 10.3 Å². The van der Waals surface area contributed by atoms with E-state index in [1.807, 2.05) is 0 Å². The molecule has 1 aromatic heterocycles. The molecule has 0 radical (unpaired) electrons. The molecule has 0 aliphatic carbocycles. The first kappa shape index (κ1) is 12.3. The molecule has 16 heavy (non-hydrogen) atoms. The Kier molecular flexibility index (Phi) is 3.36. The minimum Gasteiger partial charge on any atom is -0.478 e. The fourth-order valence-corrected chi connectivity index (χ4v) is 1.14. The molecular formula is C9H9F3N2O2. The van der Waals surface area contributed by atoms with Gasteiger partial charge in [0.2, 0.25) is 0 Å². The molecule has 1 aromatic rings. The predicted octanol–water partition coefficient (Wildman–Crippen LogP) is 2.23. The predicted molar refractivity (Wildman–Crippen MR) is 50.4 cm³/mol. The number of rotatable bonds is 3. The fraction of sp³-hybridized carbons (Fsp3) is 0.333. The van der Waals surface area contributed by atoms with Gasteiger partial charge in [-0.05, 0) is 13.0 Å². The zero-order valence-corrected chi connectivity index (χ0v) is 8.30. The number of carboxylic acids is 1. The van der Waals surface area contributed by atoms with Crippen LogP contribution in [0.4, 0.5) is 19.0 Å². The van der Waals surface area contributed by atoms with Gasteiger partial charge in [0.1, 0.15) is 5.82 Å². The third-order valence-corrected chi connectivity index (χ3v) is 1.80. The van der Waals surface area contributed by atoms with Crippen LogP contribution in [0.1, 0.15) is 22.8 Å². The first-order valence-corrected chi connectivity index (χ1v) is 4.40. The molecule has 0 amide bonds. The Morgan fingerprint density at radius 2 is 2.19 bits per heavy atom. The number of nitrogens with one attached hydrogen (secondary N) is 1. The van der Waals surface area contributed by atoms with Gasteiger partial charge in [0.25, 0.3) is 0 Å². The molecule has 0 atom stereocenters. The molecule has 88 valence electrons. The van der Waals surface area contributed by atoms with Crippen molar-refractivity contribution in [1.29, 1.82) is 0 Å². The summed E-state index contributed by atoms with van der Waals surface area (Å²) in [7, 11) is 0. The summed E-state index contributed by atoms with van der Waals surface area (Å²) < 4.78 is 37.2. The lowest BCUT2D eigenvalue weighted by Gasteiger charge is -2.11. The number of carboxylic acid groups (broad SMARTS) is 1. The minimum atomic E-state index is -4.72. The second kappa shape index (κ2) is 4.38. The Hall–Kier alpha value is -1.79. The van der Waals surface area contributed by atoms with Crippen molar-refractivity contribution >= 4 is 11.8 Å². The molecule has 2 N–H and O–H groups in total. The van der Waals surface area contributed by atoms with Gasteiger partial charge >= 0.3 is 12.1 Å². The number of pyridine rings is 1. The van der Waals surface area contributed by atoms with Gasteiger partial charge in [0, 0.05) is 12.7 Å². The van der Waals surface area contributed by atoms with Gasteiger partial charge in [0.05, 0.1) is 11.1 Å². The van der Waals surface area contributed by atoms with Crippen molar-refractivity contribution in [3.05, 3.63) is 23.4 Å². The van der Waals surface area contributed by atoms with E-state index in [1.165, 1.54) is 0 Å². The molecule has 4 nitrogen and oxygen atoms in total. The Labute approximate surface area is 89.1 Å². The summed E-state index contributed by atoms with van der Waals surface area (Å²) in [6.07, 6.45) is -4.20. The van der Waals surface area contributed by atoms with Crippen LogP contribution in [-0.4, -0.2) is 22.6 Å². The van der Waals surface area contributed by atoms with Gasteiger partial charge in [-0.15, -0.1) is 0 Å². The molecule has 0 spiro atoms. The number of nitrogens with zero attached hydrogens (tertiary/aromatic N) is 1. The van der Waals surface area contributed by atoms with Crippen LogP contribution in [0.2, 0.25) is 0 Å². The number of halogens is 3. The molecule has 7 heteroatoms. The van der Waals surface area contributed by atoms with Crippen LogP contribution in [0.15, 0.2) is 12.3 Å². The average Bonchev–Trinajstić information content (AvgIpc) is 2.16. The second-order valence-corrected chi connectivity index (χ2v) is 2.95. The number of hydrogen-bond acceptors (Lipinski definition) is 3. The first-order valence-electron chi connectivity index (χ1n) is 4.40. The molecule has 0 aliphatic rings.